The molecule has 0 aliphatic heterocycles. The van der Waals surface area contributed by atoms with E-state index >= 15 is 0 Å². The molecule has 5 nitrogen and oxygen atoms in total. The summed E-state index contributed by atoms with van der Waals surface area (Å²) in [7, 11) is 1.62. The maximum atomic E-state index is 11.8. The highest BCUT2D eigenvalue weighted by atomic mass is 16.5. The first-order chi connectivity index (χ1) is 12.2. The molecule has 1 amide bonds. The predicted molar refractivity (Wildman–Crippen MR) is 100.0 cm³/mol. The smallest absolute Gasteiger partial charge is 0.224 e. The maximum absolute atomic E-state index is 11.8. The van der Waals surface area contributed by atoms with Crippen LogP contribution >= 0.6 is 0 Å². The van der Waals surface area contributed by atoms with Crippen molar-refractivity contribution in [2.45, 2.75) is 19.9 Å². The quantitative estimate of drug-likeness (QED) is 0.652. The maximum Gasteiger partial charge on any atom is 0.224 e. The van der Waals surface area contributed by atoms with Gasteiger partial charge in [-0.1, -0.05) is 24.3 Å². The zero-order valence-corrected chi connectivity index (χ0v) is 14.9. The summed E-state index contributed by atoms with van der Waals surface area (Å²) in [6.07, 6.45) is 0.378. The molecule has 25 heavy (non-hydrogen) atoms. The fourth-order valence-electron chi connectivity index (χ4n) is 2.36. The molecular weight excluding hydrogens is 316 g/mol. The Kier molecular flexibility index (Phi) is 7.79. The van der Waals surface area contributed by atoms with Gasteiger partial charge in [0.15, 0.2) is 0 Å². The minimum atomic E-state index is 0.00662. The minimum Gasteiger partial charge on any atom is -0.494 e. The van der Waals surface area contributed by atoms with Crippen LogP contribution in [0.4, 0.5) is 5.69 Å². The molecule has 2 aromatic carbocycles. The Morgan fingerprint density at radius 2 is 1.68 bits per heavy atom. The summed E-state index contributed by atoms with van der Waals surface area (Å²) in [5.74, 6) is 0.895. The molecule has 2 aromatic rings. The molecule has 0 aliphatic rings. The van der Waals surface area contributed by atoms with E-state index in [9.17, 15) is 4.79 Å². The lowest BCUT2D eigenvalue weighted by molar-refractivity contribution is -0.120. The van der Waals surface area contributed by atoms with E-state index in [2.05, 4.69) is 22.8 Å². The van der Waals surface area contributed by atoms with Crippen LogP contribution < -0.4 is 15.4 Å². The van der Waals surface area contributed by atoms with E-state index in [1.54, 1.807) is 7.11 Å². The van der Waals surface area contributed by atoms with Crippen LogP contribution in [-0.4, -0.2) is 32.8 Å². The highest BCUT2D eigenvalue weighted by molar-refractivity contribution is 5.78. The first-order valence-corrected chi connectivity index (χ1v) is 8.51. The SMILES string of the molecule is CCOc1ccc(CNc2ccc(CC(=O)NCCOC)cc2)cc1. The fraction of sp³-hybridized carbons (Fsp3) is 0.350. The van der Waals surface area contributed by atoms with Crippen molar-refractivity contribution in [3.63, 3.8) is 0 Å². The van der Waals surface area contributed by atoms with Crippen LogP contribution in [0.2, 0.25) is 0 Å². The molecule has 0 bridgehead atoms. The third-order valence-electron chi connectivity index (χ3n) is 3.68. The highest BCUT2D eigenvalue weighted by Gasteiger charge is 2.03. The average Bonchev–Trinajstić information content (AvgIpc) is 2.63. The number of hydrogen-bond donors (Lipinski definition) is 2. The molecule has 0 atom stereocenters. The molecule has 0 heterocycles. The molecule has 0 saturated carbocycles. The zero-order chi connectivity index (χ0) is 17.9. The summed E-state index contributed by atoms with van der Waals surface area (Å²) in [4.78, 5) is 11.8. The van der Waals surface area contributed by atoms with Gasteiger partial charge in [0.05, 0.1) is 19.6 Å². The Morgan fingerprint density at radius 3 is 2.32 bits per heavy atom. The second-order valence-corrected chi connectivity index (χ2v) is 5.65. The molecule has 134 valence electrons. The Labute approximate surface area is 149 Å². The molecular formula is C20H26N2O3. The van der Waals surface area contributed by atoms with Gasteiger partial charge in [-0.2, -0.15) is 0 Å². The number of methoxy groups -OCH3 is 1. The lowest BCUT2D eigenvalue weighted by Gasteiger charge is -2.09. The van der Waals surface area contributed by atoms with Crippen LogP contribution in [0.25, 0.3) is 0 Å². The van der Waals surface area contributed by atoms with E-state index in [1.165, 1.54) is 5.56 Å². The van der Waals surface area contributed by atoms with Crippen molar-refractivity contribution in [3.8, 4) is 5.75 Å². The van der Waals surface area contributed by atoms with Gasteiger partial charge in [-0.05, 0) is 42.3 Å². The molecule has 5 heteroatoms. The number of ether oxygens (including phenoxy) is 2. The van der Waals surface area contributed by atoms with Gasteiger partial charge in [0.2, 0.25) is 5.91 Å². The van der Waals surface area contributed by atoms with Crippen molar-refractivity contribution >= 4 is 11.6 Å². The number of benzene rings is 2. The number of anilines is 1. The van der Waals surface area contributed by atoms with Crippen LogP contribution in [0, 0.1) is 0 Å². The van der Waals surface area contributed by atoms with Crippen LogP contribution in [0.3, 0.4) is 0 Å². The summed E-state index contributed by atoms with van der Waals surface area (Å²) in [6.45, 7) is 4.46. The van der Waals surface area contributed by atoms with E-state index in [1.807, 2.05) is 43.3 Å². The van der Waals surface area contributed by atoms with Crippen molar-refractivity contribution in [1.82, 2.24) is 5.32 Å². The van der Waals surface area contributed by atoms with Gasteiger partial charge in [0.25, 0.3) is 0 Å². The largest absolute Gasteiger partial charge is 0.494 e. The lowest BCUT2D eigenvalue weighted by Crippen LogP contribution is -2.28. The second kappa shape index (κ2) is 10.4. The Morgan fingerprint density at radius 1 is 1.00 bits per heavy atom. The summed E-state index contributed by atoms with van der Waals surface area (Å²) in [5.41, 5.74) is 3.20. The van der Waals surface area contributed by atoms with E-state index in [-0.39, 0.29) is 5.91 Å². The minimum absolute atomic E-state index is 0.00662. The molecule has 0 aromatic heterocycles. The summed E-state index contributed by atoms with van der Waals surface area (Å²) >= 11 is 0. The molecule has 0 unspecified atom stereocenters. The number of carbonyl (C=O) groups excluding carboxylic acids is 1. The molecule has 0 fully saturated rings. The predicted octanol–water partition coefficient (Wildman–Crippen LogP) is 3.00. The van der Waals surface area contributed by atoms with E-state index in [0.29, 0.717) is 26.2 Å². The van der Waals surface area contributed by atoms with Crippen molar-refractivity contribution in [2.75, 3.05) is 32.2 Å². The lowest BCUT2D eigenvalue weighted by atomic mass is 10.1. The molecule has 0 spiro atoms. The molecule has 2 N–H and O–H groups in total. The number of carbonyl (C=O) groups is 1. The number of hydrogen-bond acceptors (Lipinski definition) is 4. The molecule has 0 radical (unpaired) electrons. The second-order valence-electron chi connectivity index (χ2n) is 5.65. The van der Waals surface area contributed by atoms with Crippen molar-refractivity contribution < 1.29 is 14.3 Å². The van der Waals surface area contributed by atoms with Gasteiger partial charge >= 0.3 is 0 Å². The normalized spacial score (nSPS) is 10.3. The van der Waals surface area contributed by atoms with Crippen LogP contribution in [0.1, 0.15) is 18.1 Å². The monoisotopic (exact) mass is 342 g/mol. The topological polar surface area (TPSA) is 59.6 Å². The van der Waals surface area contributed by atoms with E-state index in [0.717, 1.165) is 23.5 Å². The van der Waals surface area contributed by atoms with Crippen LogP contribution in [0.15, 0.2) is 48.5 Å². The van der Waals surface area contributed by atoms with E-state index < -0.39 is 0 Å². The number of amides is 1. The van der Waals surface area contributed by atoms with Gasteiger partial charge in [0, 0.05) is 25.9 Å². The Balaban J connectivity index is 1.78. The third-order valence-corrected chi connectivity index (χ3v) is 3.68. The highest BCUT2D eigenvalue weighted by Crippen LogP contribution is 2.15. The van der Waals surface area contributed by atoms with E-state index in [4.69, 9.17) is 9.47 Å². The standard InChI is InChI=1S/C20H26N2O3/c1-3-25-19-10-6-17(7-11-19)15-22-18-8-4-16(5-9-18)14-20(23)21-12-13-24-2/h4-11,22H,3,12-15H2,1-2H3,(H,21,23). The van der Waals surface area contributed by atoms with Crippen LogP contribution in [0.5, 0.6) is 5.75 Å². The van der Waals surface area contributed by atoms with Gasteiger partial charge < -0.3 is 20.1 Å². The van der Waals surface area contributed by atoms with Gasteiger partial charge in [-0.15, -0.1) is 0 Å². The summed E-state index contributed by atoms with van der Waals surface area (Å²) in [5, 5.41) is 6.19. The molecule has 0 saturated heterocycles. The number of rotatable bonds is 10. The van der Waals surface area contributed by atoms with Gasteiger partial charge in [0.1, 0.15) is 5.75 Å². The molecule has 2 rings (SSSR count). The van der Waals surface area contributed by atoms with Gasteiger partial charge in [-0.3, -0.25) is 4.79 Å². The zero-order valence-electron chi connectivity index (χ0n) is 14.9. The first-order valence-electron chi connectivity index (χ1n) is 8.51. The van der Waals surface area contributed by atoms with Crippen molar-refractivity contribution in [3.05, 3.63) is 59.7 Å². The van der Waals surface area contributed by atoms with Gasteiger partial charge in [-0.25, -0.2) is 0 Å². The Hall–Kier alpha value is -2.53. The fourth-order valence-corrected chi connectivity index (χ4v) is 2.36. The summed E-state index contributed by atoms with van der Waals surface area (Å²) in [6, 6.07) is 16.0. The Bertz CT molecular complexity index is 639. The first kappa shape index (κ1) is 18.8. The molecule has 0 aliphatic carbocycles. The van der Waals surface area contributed by atoms with Crippen molar-refractivity contribution in [1.29, 1.82) is 0 Å². The number of nitrogens with one attached hydrogen (secondary N) is 2. The third kappa shape index (κ3) is 6.85. The average molecular weight is 342 g/mol. The van der Waals surface area contributed by atoms with Crippen molar-refractivity contribution in [2.24, 2.45) is 0 Å². The van der Waals surface area contributed by atoms with Crippen LogP contribution in [-0.2, 0) is 22.5 Å². The summed E-state index contributed by atoms with van der Waals surface area (Å²) < 4.78 is 10.3.